The van der Waals surface area contributed by atoms with E-state index in [0.717, 1.165) is 5.56 Å². The van der Waals surface area contributed by atoms with Crippen molar-refractivity contribution in [3.8, 4) is 0 Å². The number of amides is 1. The molecule has 0 aliphatic heterocycles. The molecule has 0 heterocycles. The van der Waals surface area contributed by atoms with Crippen molar-refractivity contribution in [1.82, 2.24) is 5.43 Å². The van der Waals surface area contributed by atoms with Gasteiger partial charge in [-0.2, -0.15) is 5.10 Å². The van der Waals surface area contributed by atoms with Crippen molar-refractivity contribution < 1.29 is 4.79 Å². The van der Waals surface area contributed by atoms with Gasteiger partial charge in [0.25, 0.3) is 0 Å². The number of nitrogens with zero attached hydrogens (tertiary/aromatic N) is 1. The van der Waals surface area contributed by atoms with Crippen LogP contribution in [0.25, 0.3) is 0 Å². The van der Waals surface area contributed by atoms with Crippen LogP contribution in [0, 0.1) is 5.41 Å². The van der Waals surface area contributed by atoms with E-state index in [1.54, 1.807) is 19.9 Å². The fourth-order valence-electron chi connectivity index (χ4n) is 1.72. The third kappa shape index (κ3) is 2.73. The molecule has 0 aromatic heterocycles. The van der Waals surface area contributed by atoms with Crippen LogP contribution in [-0.4, -0.2) is 16.0 Å². The van der Waals surface area contributed by atoms with Gasteiger partial charge in [-0.05, 0) is 26.3 Å². The summed E-state index contributed by atoms with van der Waals surface area (Å²) in [7, 11) is 0. The highest BCUT2D eigenvalue weighted by atomic mass is 35.5. The predicted molar refractivity (Wildman–Crippen MR) is 79.0 cm³/mol. The molecule has 102 valence electrons. The molecule has 1 atom stereocenters. The first-order valence-electron chi connectivity index (χ1n) is 5.75. The van der Waals surface area contributed by atoms with Crippen molar-refractivity contribution in [3.63, 3.8) is 0 Å². The molecular weight excluding hydrogens is 307 g/mol. The van der Waals surface area contributed by atoms with Crippen LogP contribution in [0.3, 0.4) is 0 Å². The number of alkyl halides is 2. The maximum absolute atomic E-state index is 11.9. The van der Waals surface area contributed by atoms with Gasteiger partial charge >= 0.3 is 0 Å². The Morgan fingerprint density at radius 3 is 2.47 bits per heavy atom. The summed E-state index contributed by atoms with van der Waals surface area (Å²) in [4.78, 5) is 11.9. The van der Waals surface area contributed by atoms with Gasteiger partial charge < -0.3 is 0 Å². The van der Waals surface area contributed by atoms with Crippen molar-refractivity contribution in [2.24, 2.45) is 10.5 Å². The van der Waals surface area contributed by atoms with Gasteiger partial charge in [0.15, 0.2) is 0 Å². The third-order valence-electron chi connectivity index (χ3n) is 3.35. The van der Waals surface area contributed by atoms with E-state index < -0.39 is 9.75 Å². The van der Waals surface area contributed by atoms with Crippen LogP contribution in [0.4, 0.5) is 0 Å². The number of hydrogen-bond donors (Lipinski definition) is 1. The van der Waals surface area contributed by atoms with Crippen LogP contribution in [0.5, 0.6) is 0 Å². The summed E-state index contributed by atoms with van der Waals surface area (Å²) in [6.07, 6.45) is 0.426. The first-order chi connectivity index (χ1) is 8.78. The van der Waals surface area contributed by atoms with Gasteiger partial charge in [-0.3, -0.25) is 4.79 Å². The lowest BCUT2D eigenvalue weighted by atomic mass is 10.1. The Morgan fingerprint density at radius 1 is 1.37 bits per heavy atom. The highest BCUT2D eigenvalue weighted by molar-refractivity contribution is 6.53. The van der Waals surface area contributed by atoms with Crippen LogP contribution >= 0.6 is 34.8 Å². The van der Waals surface area contributed by atoms with Crippen LogP contribution < -0.4 is 5.43 Å². The zero-order valence-corrected chi connectivity index (χ0v) is 12.8. The Hall–Kier alpha value is -0.770. The maximum atomic E-state index is 11.9. The van der Waals surface area contributed by atoms with Gasteiger partial charge in [0.2, 0.25) is 5.91 Å². The molecule has 0 saturated heterocycles. The monoisotopic (exact) mass is 318 g/mol. The molecule has 2 rings (SSSR count). The van der Waals surface area contributed by atoms with Crippen molar-refractivity contribution >= 4 is 46.4 Å². The molecule has 19 heavy (non-hydrogen) atoms. The van der Waals surface area contributed by atoms with Crippen LogP contribution in [0.1, 0.15) is 25.8 Å². The summed E-state index contributed by atoms with van der Waals surface area (Å²) < 4.78 is -0.995. The Morgan fingerprint density at radius 2 is 1.95 bits per heavy atom. The summed E-state index contributed by atoms with van der Waals surface area (Å²) in [6.45, 7) is 3.48. The molecule has 3 nitrogen and oxygen atoms in total. The highest BCUT2D eigenvalue weighted by Crippen LogP contribution is 2.63. The smallest absolute Gasteiger partial charge is 0.249 e. The molecule has 1 amide bonds. The molecule has 1 saturated carbocycles. The lowest BCUT2D eigenvalue weighted by Crippen LogP contribution is -2.30. The Kier molecular flexibility index (Phi) is 3.83. The van der Waals surface area contributed by atoms with E-state index in [9.17, 15) is 4.79 Å². The molecule has 1 fully saturated rings. The molecule has 1 aromatic rings. The minimum absolute atomic E-state index is 0.288. The predicted octanol–water partition coefficient (Wildman–Crippen LogP) is 3.76. The molecule has 1 aromatic carbocycles. The number of hydrogen-bond acceptors (Lipinski definition) is 2. The minimum atomic E-state index is -0.995. The fourth-order valence-corrected chi connectivity index (χ4v) is 2.70. The van der Waals surface area contributed by atoms with Gasteiger partial charge in [0.05, 0.1) is 11.1 Å². The van der Waals surface area contributed by atoms with Crippen molar-refractivity contribution in [2.45, 2.75) is 24.6 Å². The summed E-state index contributed by atoms with van der Waals surface area (Å²) in [5, 5.41) is 4.63. The topological polar surface area (TPSA) is 41.5 Å². The summed E-state index contributed by atoms with van der Waals surface area (Å²) in [5.41, 5.74) is 3.11. The van der Waals surface area contributed by atoms with Crippen LogP contribution in [0.2, 0.25) is 5.02 Å². The number of benzene rings is 1. The number of rotatable bonds is 3. The summed E-state index contributed by atoms with van der Waals surface area (Å²) >= 11 is 17.9. The second kappa shape index (κ2) is 4.97. The first-order valence-corrected chi connectivity index (χ1v) is 6.89. The second-order valence-electron chi connectivity index (χ2n) is 4.83. The van der Waals surface area contributed by atoms with E-state index in [1.807, 2.05) is 18.2 Å². The van der Waals surface area contributed by atoms with E-state index in [2.05, 4.69) is 10.5 Å². The van der Waals surface area contributed by atoms with Gasteiger partial charge in [0.1, 0.15) is 4.33 Å². The van der Waals surface area contributed by atoms with Crippen molar-refractivity contribution in [1.29, 1.82) is 0 Å². The zero-order chi connectivity index (χ0) is 14.3. The second-order valence-corrected chi connectivity index (χ2v) is 6.72. The Bertz CT molecular complexity index is 557. The molecule has 1 N–H and O–H groups in total. The average Bonchev–Trinajstić information content (AvgIpc) is 2.87. The quantitative estimate of drug-likeness (QED) is 0.514. The standard InChI is InChI=1S/C13H13Cl3N2O/c1-8(9-5-3-4-6-10(9)14)17-18-11(19)12(2)7-13(12,15)16/h3-6H,7H2,1-2H3,(H,18,19)/b17-8-/t12-/m0/s1. The van der Waals surface area contributed by atoms with Gasteiger partial charge in [0, 0.05) is 10.6 Å². The van der Waals surface area contributed by atoms with E-state index in [1.165, 1.54) is 0 Å². The number of nitrogens with one attached hydrogen (secondary N) is 1. The molecule has 0 radical (unpaired) electrons. The SMILES string of the molecule is C/C(=N/NC(=O)[C@]1(C)CC1(Cl)Cl)c1ccccc1Cl. The average molecular weight is 320 g/mol. The minimum Gasteiger partial charge on any atom is -0.272 e. The van der Waals surface area contributed by atoms with Crippen molar-refractivity contribution in [3.05, 3.63) is 34.9 Å². The van der Waals surface area contributed by atoms with E-state index >= 15 is 0 Å². The molecule has 6 heteroatoms. The Balaban J connectivity index is 2.08. The van der Waals surface area contributed by atoms with Gasteiger partial charge in [-0.1, -0.05) is 29.8 Å². The molecule has 1 aliphatic carbocycles. The number of hydrazone groups is 1. The highest BCUT2D eigenvalue weighted by Gasteiger charge is 2.68. The third-order valence-corrected chi connectivity index (χ3v) is 4.78. The molecular formula is C13H13Cl3N2O. The van der Waals surface area contributed by atoms with Crippen molar-refractivity contribution in [2.75, 3.05) is 0 Å². The lowest BCUT2D eigenvalue weighted by Gasteiger charge is -2.10. The zero-order valence-electron chi connectivity index (χ0n) is 10.5. The van der Waals surface area contributed by atoms with Gasteiger partial charge in [-0.15, -0.1) is 23.2 Å². The number of carbonyl (C=O) groups excluding carboxylic acids is 1. The van der Waals surface area contributed by atoms with Gasteiger partial charge in [-0.25, -0.2) is 5.43 Å². The molecule has 0 bridgehead atoms. The lowest BCUT2D eigenvalue weighted by molar-refractivity contribution is -0.125. The first kappa shape index (κ1) is 14.6. The molecule has 0 unspecified atom stereocenters. The fraction of sp³-hybridized carbons (Fsp3) is 0.385. The van der Waals surface area contributed by atoms with E-state index in [0.29, 0.717) is 17.2 Å². The molecule has 0 spiro atoms. The number of halogens is 3. The maximum Gasteiger partial charge on any atom is 0.249 e. The largest absolute Gasteiger partial charge is 0.272 e. The normalized spacial score (nSPS) is 25.0. The summed E-state index contributed by atoms with van der Waals surface area (Å²) in [5.74, 6) is -0.288. The summed E-state index contributed by atoms with van der Waals surface area (Å²) in [6, 6.07) is 7.28. The Labute approximate surface area is 126 Å². The van der Waals surface area contributed by atoms with E-state index in [-0.39, 0.29) is 5.91 Å². The molecule has 1 aliphatic rings. The van der Waals surface area contributed by atoms with Crippen LogP contribution in [-0.2, 0) is 4.79 Å². The van der Waals surface area contributed by atoms with E-state index in [4.69, 9.17) is 34.8 Å². The van der Waals surface area contributed by atoms with Crippen LogP contribution in [0.15, 0.2) is 29.4 Å². The number of carbonyl (C=O) groups is 1.